The molecule has 0 unspecified atom stereocenters. The summed E-state index contributed by atoms with van der Waals surface area (Å²) in [5.74, 6) is -0.0274. The number of ether oxygens (including phenoxy) is 2. The summed E-state index contributed by atoms with van der Waals surface area (Å²) in [7, 11) is 3.20. The van der Waals surface area contributed by atoms with E-state index in [1.54, 1.807) is 39.2 Å². The first kappa shape index (κ1) is 16.0. The van der Waals surface area contributed by atoms with Crippen molar-refractivity contribution in [1.29, 1.82) is 0 Å². The lowest BCUT2D eigenvalue weighted by Crippen LogP contribution is -2.34. The lowest BCUT2D eigenvalue weighted by Gasteiger charge is -2.13. The number of benzene rings is 1. The molecule has 1 aromatic rings. The highest BCUT2D eigenvalue weighted by molar-refractivity contribution is 5.76. The molecule has 0 aliphatic carbocycles. The van der Waals surface area contributed by atoms with Gasteiger partial charge in [-0.05, 0) is 31.0 Å². The monoisotopic (exact) mass is 280 g/mol. The number of esters is 1. The minimum absolute atomic E-state index is 0.299. The maximum atomic E-state index is 11.5. The number of hydrogen-bond donors (Lipinski definition) is 1. The van der Waals surface area contributed by atoms with Crippen molar-refractivity contribution < 1.29 is 19.1 Å². The average Bonchev–Trinajstić information content (AvgIpc) is 2.39. The van der Waals surface area contributed by atoms with Crippen molar-refractivity contribution >= 4 is 12.1 Å². The Morgan fingerprint density at radius 2 is 2.05 bits per heavy atom. The fourth-order valence-electron chi connectivity index (χ4n) is 1.51. The van der Waals surface area contributed by atoms with Gasteiger partial charge in [-0.2, -0.15) is 0 Å². The second kappa shape index (κ2) is 7.49. The van der Waals surface area contributed by atoms with Gasteiger partial charge in [0.15, 0.2) is 0 Å². The standard InChI is InChI=1S/C14H20N2O4/c1-4-19-13(17)12(15)9-10-6-5-7-11(8-10)20-14(18)16(2)3/h5-8,12H,4,9,15H2,1-3H3/t12-/m0/s1. The molecule has 0 spiro atoms. The summed E-state index contributed by atoms with van der Waals surface area (Å²) in [5, 5.41) is 0. The van der Waals surface area contributed by atoms with E-state index in [4.69, 9.17) is 15.2 Å². The van der Waals surface area contributed by atoms with Gasteiger partial charge in [-0.1, -0.05) is 12.1 Å². The van der Waals surface area contributed by atoms with Crippen LogP contribution in [0.2, 0.25) is 0 Å². The van der Waals surface area contributed by atoms with Gasteiger partial charge in [0.05, 0.1) is 6.61 Å². The largest absolute Gasteiger partial charge is 0.465 e. The Morgan fingerprint density at radius 1 is 1.35 bits per heavy atom. The average molecular weight is 280 g/mol. The van der Waals surface area contributed by atoms with E-state index in [9.17, 15) is 9.59 Å². The fraction of sp³-hybridized carbons (Fsp3) is 0.429. The van der Waals surface area contributed by atoms with Crippen LogP contribution in [0, 0.1) is 0 Å². The van der Waals surface area contributed by atoms with Gasteiger partial charge in [0.25, 0.3) is 0 Å². The van der Waals surface area contributed by atoms with Crippen LogP contribution in [0.25, 0.3) is 0 Å². The number of carbonyl (C=O) groups excluding carboxylic acids is 2. The Labute approximate surface area is 118 Å². The molecular weight excluding hydrogens is 260 g/mol. The zero-order valence-electron chi connectivity index (χ0n) is 12.0. The van der Waals surface area contributed by atoms with Crippen LogP contribution < -0.4 is 10.5 Å². The van der Waals surface area contributed by atoms with Crippen LogP contribution in [0.15, 0.2) is 24.3 Å². The Kier molecular flexibility index (Phi) is 5.99. The first-order chi connectivity index (χ1) is 9.43. The van der Waals surface area contributed by atoms with Gasteiger partial charge in [0, 0.05) is 14.1 Å². The van der Waals surface area contributed by atoms with Crippen LogP contribution in [0.1, 0.15) is 12.5 Å². The van der Waals surface area contributed by atoms with Crippen LogP contribution >= 0.6 is 0 Å². The molecule has 0 aliphatic heterocycles. The van der Waals surface area contributed by atoms with E-state index in [2.05, 4.69) is 0 Å². The second-order valence-corrected chi connectivity index (χ2v) is 4.47. The summed E-state index contributed by atoms with van der Waals surface area (Å²) in [6.45, 7) is 2.03. The van der Waals surface area contributed by atoms with E-state index in [0.717, 1.165) is 5.56 Å². The van der Waals surface area contributed by atoms with Gasteiger partial charge in [-0.25, -0.2) is 4.79 Å². The van der Waals surface area contributed by atoms with Crippen LogP contribution in [-0.4, -0.2) is 43.7 Å². The molecular formula is C14H20N2O4. The topological polar surface area (TPSA) is 81.9 Å². The molecule has 0 aromatic heterocycles. The minimum atomic E-state index is -0.727. The maximum Gasteiger partial charge on any atom is 0.414 e. The molecule has 0 aliphatic rings. The maximum absolute atomic E-state index is 11.5. The van der Waals surface area contributed by atoms with Crippen molar-refractivity contribution in [1.82, 2.24) is 4.90 Å². The molecule has 0 saturated heterocycles. The van der Waals surface area contributed by atoms with Crippen LogP contribution in [0.3, 0.4) is 0 Å². The van der Waals surface area contributed by atoms with E-state index in [1.807, 2.05) is 6.07 Å². The molecule has 6 heteroatoms. The number of carbonyl (C=O) groups is 2. The van der Waals surface area contributed by atoms with Crippen molar-refractivity contribution in [3.63, 3.8) is 0 Å². The molecule has 0 saturated carbocycles. The number of hydrogen-bond acceptors (Lipinski definition) is 5. The van der Waals surface area contributed by atoms with Crippen LogP contribution in [-0.2, 0) is 16.0 Å². The molecule has 1 aromatic carbocycles. The Balaban J connectivity index is 2.68. The summed E-state index contributed by atoms with van der Waals surface area (Å²) in [5.41, 5.74) is 6.54. The highest BCUT2D eigenvalue weighted by atomic mass is 16.6. The van der Waals surface area contributed by atoms with Crippen molar-refractivity contribution in [2.75, 3.05) is 20.7 Å². The molecule has 110 valence electrons. The van der Waals surface area contributed by atoms with E-state index >= 15 is 0 Å². The lowest BCUT2D eigenvalue weighted by atomic mass is 10.1. The third-order valence-electron chi connectivity index (χ3n) is 2.51. The first-order valence-corrected chi connectivity index (χ1v) is 6.34. The molecule has 1 amide bonds. The van der Waals surface area contributed by atoms with E-state index in [-0.39, 0.29) is 0 Å². The van der Waals surface area contributed by atoms with Crippen LogP contribution in [0.4, 0.5) is 4.79 Å². The Morgan fingerprint density at radius 3 is 2.65 bits per heavy atom. The summed E-state index contributed by atoms with van der Waals surface area (Å²) in [6, 6.07) is 6.17. The zero-order chi connectivity index (χ0) is 15.1. The highest BCUT2D eigenvalue weighted by Crippen LogP contribution is 2.15. The third kappa shape index (κ3) is 4.89. The Bertz CT molecular complexity index is 474. The minimum Gasteiger partial charge on any atom is -0.465 e. The van der Waals surface area contributed by atoms with E-state index < -0.39 is 18.1 Å². The summed E-state index contributed by atoms with van der Waals surface area (Å²) in [6.07, 6.45) is -0.136. The zero-order valence-corrected chi connectivity index (χ0v) is 12.0. The summed E-state index contributed by atoms with van der Waals surface area (Å²) >= 11 is 0. The van der Waals surface area contributed by atoms with Gasteiger partial charge in [0.1, 0.15) is 11.8 Å². The molecule has 20 heavy (non-hydrogen) atoms. The van der Waals surface area contributed by atoms with Gasteiger partial charge < -0.3 is 20.1 Å². The number of amides is 1. The number of rotatable bonds is 5. The van der Waals surface area contributed by atoms with Crippen molar-refractivity contribution in [3.8, 4) is 5.75 Å². The number of nitrogens with zero attached hydrogens (tertiary/aromatic N) is 1. The fourth-order valence-corrected chi connectivity index (χ4v) is 1.51. The molecule has 1 rings (SSSR count). The highest BCUT2D eigenvalue weighted by Gasteiger charge is 2.15. The summed E-state index contributed by atoms with van der Waals surface area (Å²) < 4.78 is 9.98. The molecule has 0 bridgehead atoms. The van der Waals surface area contributed by atoms with E-state index in [1.165, 1.54) is 4.90 Å². The van der Waals surface area contributed by atoms with Crippen molar-refractivity contribution in [2.24, 2.45) is 5.73 Å². The predicted octanol–water partition coefficient (Wildman–Crippen LogP) is 1.18. The smallest absolute Gasteiger partial charge is 0.414 e. The number of nitrogens with two attached hydrogens (primary N) is 1. The predicted molar refractivity (Wildman–Crippen MR) is 74.5 cm³/mol. The molecule has 0 radical (unpaired) electrons. The summed E-state index contributed by atoms with van der Waals surface area (Å²) in [4.78, 5) is 24.2. The third-order valence-corrected chi connectivity index (χ3v) is 2.51. The Hall–Kier alpha value is -2.08. The molecule has 2 N–H and O–H groups in total. The quantitative estimate of drug-likeness (QED) is 0.819. The van der Waals surface area contributed by atoms with Gasteiger partial charge in [-0.15, -0.1) is 0 Å². The second-order valence-electron chi connectivity index (χ2n) is 4.47. The van der Waals surface area contributed by atoms with Gasteiger partial charge in [0.2, 0.25) is 0 Å². The molecule has 0 fully saturated rings. The van der Waals surface area contributed by atoms with Crippen LogP contribution in [0.5, 0.6) is 5.75 Å². The van der Waals surface area contributed by atoms with Crippen molar-refractivity contribution in [3.05, 3.63) is 29.8 Å². The van der Waals surface area contributed by atoms with Crippen molar-refractivity contribution in [2.45, 2.75) is 19.4 Å². The lowest BCUT2D eigenvalue weighted by molar-refractivity contribution is -0.144. The van der Waals surface area contributed by atoms with E-state index in [0.29, 0.717) is 18.8 Å². The first-order valence-electron chi connectivity index (χ1n) is 6.34. The van der Waals surface area contributed by atoms with Gasteiger partial charge >= 0.3 is 12.1 Å². The molecule has 0 heterocycles. The van der Waals surface area contributed by atoms with Gasteiger partial charge in [-0.3, -0.25) is 4.79 Å². The SMILES string of the molecule is CCOC(=O)[C@@H](N)Cc1cccc(OC(=O)N(C)C)c1. The molecule has 1 atom stereocenters. The normalized spacial score (nSPS) is 11.6. The molecule has 6 nitrogen and oxygen atoms in total.